The van der Waals surface area contributed by atoms with Gasteiger partial charge < -0.3 is 15.4 Å². The lowest BCUT2D eigenvalue weighted by molar-refractivity contribution is -0.120. The van der Waals surface area contributed by atoms with E-state index in [0.717, 1.165) is 36.0 Å². The van der Waals surface area contributed by atoms with Crippen LogP contribution >= 0.6 is 0 Å². The first kappa shape index (κ1) is 17.8. The first-order valence-corrected chi connectivity index (χ1v) is 9.48. The SMILES string of the molecule is O=C(Cc1c[nH]c2ccccc12)NC[C@H](O)CN1CCc2ccccc2C1. The molecule has 0 fully saturated rings. The van der Waals surface area contributed by atoms with Crippen molar-refractivity contribution in [3.05, 3.63) is 71.4 Å². The van der Waals surface area contributed by atoms with Gasteiger partial charge in [0.05, 0.1) is 12.5 Å². The number of β-amino-alcohol motifs (C(OH)–C–C–N with tert-alkyl or cyclic N) is 1. The molecule has 0 saturated carbocycles. The number of aliphatic hydroxyl groups excluding tert-OH is 1. The third-order valence-corrected chi connectivity index (χ3v) is 5.24. The van der Waals surface area contributed by atoms with Crippen molar-refractivity contribution in [1.29, 1.82) is 0 Å². The van der Waals surface area contributed by atoms with Gasteiger partial charge in [0.25, 0.3) is 0 Å². The molecule has 3 aromatic rings. The van der Waals surface area contributed by atoms with Crippen molar-refractivity contribution in [3.63, 3.8) is 0 Å². The van der Waals surface area contributed by atoms with Gasteiger partial charge in [-0.25, -0.2) is 0 Å². The number of hydrogen-bond donors (Lipinski definition) is 3. The number of carbonyl (C=O) groups is 1. The summed E-state index contributed by atoms with van der Waals surface area (Å²) < 4.78 is 0. The number of amides is 1. The molecule has 0 radical (unpaired) electrons. The van der Waals surface area contributed by atoms with Gasteiger partial charge in [-0.05, 0) is 29.2 Å². The van der Waals surface area contributed by atoms with Crippen LogP contribution in [0.3, 0.4) is 0 Å². The van der Waals surface area contributed by atoms with Crippen LogP contribution in [-0.4, -0.2) is 46.6 Å². The maximum atomic E-state index is 12.3. The number of para-hydroxylation sites is 1. The molecule has 1 atom stereocenters. The molecule has 3 N–H and O–H groups in total. The van der Waals surface area contributed by atoms with E-state index < -0.39 is 6.10 Å². The van der Waals surface area contributed by atoms with Gasteiger partial charge in [0.2, 0.25) is 5.91 Å². The molecule has 140 valence electrons. The third-order valence-electron chi connectivity index (χ3n) is 5.24. The Morgan fingerprint density at radius 1 is 1.15 bits per heavy atom. The monoisotopic (exact) mass is 363 g/mol. The van der Waals surface area contributed by atoms with Gasteiger partial charge in [-0.1, -0.05) is 42.5 Å². The highest BCUT2D eigenvalue weighted by atomic mass is 16.3. The summed E-state index contributed by atoms with van der Waals surface area (Å²) in [5.41, 5.74) is 4.74. The summed E-state index contributed by atoms with van der Waals surface area (Å²) in [6, 6.07) is 16.4. The first-order valence-electron chi connectivity index (χ1n) is 9.48. The number of carbonyl (C=O) groups excluding carboxylic acids is 1. The molecule has 5 nitrogen and oxygen atoms in total. The first-order chi connectivity index (χ1) is 13.2. The molecule has 27 heavy (non-hydrogen) atoms. The quantitative estimate of drug-likeness (QED) is 0.629. The zero-order chi connectivity index (χ0) is 18.6. The van der Waals surface area contributed by atoms with E-state index >= 15 is 0 Å². The summed E-state index contributed by atoms with van der Waals surface area (Å²) in [6.07, 6.45) is 2.64. The Morgan fingerprint density at radius 3 is 2.81 bits per heavy atom. The summed E-state index contributed by atoms with van der Waals surface area (Å²) in [7, 11) is 0. The lowest BCUT2D eigenvalue weighted by Crippen LogP contribution is -2.42. The number of aromatic nitrogens is 1. The fraction of sp³-hybridized carbons (Fsp3) is 0.318. The van der Waals surface area contributed by atoms with Gasteiger partial charge in [-0.2, -0.15) is 0 Å². The summed E-state index contributed by atoms with van der Waals surface area (Å²) in [5, 5.41) is 14.3. The van der Waals surface area contributed by atoms with Gasteiger partial charge in [0, 0.05) is 43.3 Å². The summed E-state index contributed by atoms with van der Waals surface area (Å²) in [5.74, 6) is -0.0669. The minimum absolute atomic E-state index is 0.0669. The van der Waals surface area contributed by atoms with Crippen molar-refractivity contribution in [3.8, 4) is 0 Å². The Kier molecular flexibility index (Phi) is 5.23. The van der Waals surface area contributed by atoms with E-state index in [-0.39, 0.29) is 12.5 Å². The summed E-state index contributed by atoms with van der Waals surface area (Å²) >= 11 is 0. The fourth-order valence-corrected chi connectivity index (χ4v) is 3.82. The molecule has 4 rings (SSSR count). The molecule has 0 aliphatic carbocycles. The van der Waals surface area contributed by atoms with Crippen LogP contribution in [0.5, 0.6) is 0 Å². The molecule has 1 aliphatic rings. The van der Waals surface area contributed by atoms with E-state index in [9.17, 15) is 9.90 Å². The molecule has 1 amide bonds. The topological polar surface area (TPSA) is 68.4 Å². The molecule has 1 aromatic heterocycles. The number of nitrogens with one attached hydrogen (secondary N) is 2. The van der Waals surface area contributed by atoms with Crippen molar-refractivity contribution in [2.45, 2.75) is 25.5 Å². The van der Waals surface area contributed by atoms with E-state index in [1.165, 1.54) is 11.1 Å². The molecule has 0 saturated heterocycles. The highest BCUT2D eigenvalue weighted by Crippen LogP contribution is 2.19. The van der Waals surface area contributed by atoms with E-state index in [4.69, 9.17) is 0 Å². The van der Waals surface area contributed by atoms with Gasteiger partial charge in [-0.3, -0.25) is 9.69 Å². The maximum Gasteiger partial charge on any atom is 0.224 e. The molecule has 1 aliphatic heterocycles. The molecule has 0 spiro atoms. The van der Waals surface area contributed by atoms with E-state index in [1.807, 2.05) is 30.5 Å². The van der Waals surface area contributed by atoms with E-state index in [2.05, 4.69) is 39.5 Å². The van der Waals surface area contributed by atoms with Crippen LogP contribution in [0.1, 0.15) is 16.7 Å². The Labute approximate surface area is 159 Å². The minimum Gasteiger partial charge on any atom is -0.390 e. The Hall–Kier alpha value is -2.63. The predicted molar refractivity (Wildman–Crippen MR) is 106 cm³/mol. The minimum atomic E-state index is -0.567. The van der Waals surface area contributed by atoms with Gasteiger partial charge >= 0.3 is 0 Å². The van der Waals surface area contributed by atoms with Crippen LogP contribution in [0, 0.1) is 0 Å². The molecule has 2 heterocycles. The number of aromatic amines is 1. The van der Waals surface area contributed by atoms with E-state index in [1.54, 1.807) is 0 Å². The third kappa shape index (κ3) is 4.21. The number of rotatable bonds is 6. The van der Waals surface area contributed by atoms with Gasteiger partial charge in [-0.15, -0.1) is 0 Å². The van der Waals surface area contributed by atoms with Crippen LogP contribution in [0.15, 0.2) is 54.7 Å². The molecule has 2 aromatic carbocycles. The average molecular weight is 363 g/mol. The van der Waals surface area contributed by atoms with Crippen LogP contribution in [0.4, 0.5) is 0 Å². The van der Waals surface area contributed by atoms with Gasteiger partial charge in [0.15, 0.2) is 0 Å². The second kappa shape index (κ2) is 7.94. The molecule has 5 heteroatoms. The molecular weight excluding hydrogens is 338 g/mol. The Morgan fingerprint density at radius 2 is 1.93 bits per heavy atom. The second-order valence-corrected chi connectivity index (χ2v) is 7.25. The van der Waals surface area contributed by atoms with Crippen molar-refractivity contribution >= 4 is 16.8 Å². The lowest BCUT2D eigenvalue weighted by atomic mass is 10.00. The highest BCUT2D eigenvalue weighted by Gasteiger charge is 2.19. The number of nitrogens with zero attached hydrogens (tertiary/aromatic N) is 1. The van der Waals surface area contributed by atoms with Crippen molar-refractivity contribution in [1.82, 2.24) is 15.2 Å². The average Bonchev–Trinajstić information content (AvgIpc) is 3.09. The molecule has 0 unspecified atom stereocenters. The van der Waals surface area contributed by atoms with E-state index in [0.29, 0.717) is 13.0 Å². The predicted octanol–water partition coefficient (Wildman–Crippen LogP) is 2.25. The second-order valence-electron chi connectivity index (χ2n) is 7.25. The van der Waals surface area contributed by atoms with Crippen LogP contribution in [-0.2, 0) is 24.2 Å². The zero-order valence-electron chi connectivity index (χ0n) is 15.3. The lowest BCUT2D eigenvalue weighted by Gasteiger charge is -2.30. The number of hydrogen-bond acceptors (Lipinski definition) is 3. The Bertz CT molecular complexity index is 934. The van der Waals surface area contributed by atoms with Crippen molar-refractivity contribution in [2.24, 2.45) is 0 Å². The van der Waals surface area contributed by atoms with Crippen molar-refractivity contribution in [2.75, 3.05) is 19.6 Å². The fourth-order valence-electron chi connectivity index (χ4n) is 3.82. The van der Waals surface area contributed by atoms with Crippen molar-refractivity contribution < 1.29 is 9.90 Å². The Balaban J connectivity index is 1.26. The molecule has 0 bridgehead atoms. The summed E-state index contributed by atoms with van der Waals surface area (Å²) in [6.45, 7) is 2.65. The van der Waals surface area contributed by atoms with Crippen LogP contribution < -0.4 is 5.32 Å². The number of aliphatic hydroxyl groups is 1. The maximum absolute atomic E-state index is 12.3. The van der Waals surface area contributed by atoms with Crippen LogP contribution in [0.2, 0.25) is 0 Å². The largest absolute Gasteiger partial charge is 0.390 e. The smallest absolute Gasteiger partial charge is 0.224 e. The number of benzene rings is 2. The zero-order valence-corrected chi connectivity index (χ0v) is 15.3. The van der Waals surface area contributed by atoms with Crippen LogP contribution in [0.25, 0.3) is 10.9 Å². The normalized spacial score (nSPS) is 15.4. The highest BCUT2D eigenvalue weighted by molar-refractivity contribution is 5.88. The molecular formula is C22H25N3O2. The van der Waals surface area contributed by atoms with Gasteiger partial charge in [0.1, 0.15) is 0 Å². The summed E-state index contributed by atoms with van der Waals surface area (Å²) in [4.78, 5) is 17.7. The number of H-pyrrole nitrogens is 1. The number of fused-ring (bicyclic) bond motifs is 2. The standard InChI is InChI=1S/C22H25N3O2/c26-19(15-25-10-9-16-5-1-2-6-17(16)14-25)13-24-22(27)11-18-12-23-21-8-4-3-7-20(18)21/h1-8,12,19,23,26H,9-11,13-15H2,(H,24,27)/t19-/m0/s1.